The van der Waals surface area contributed by atoms with Crippen molar-refractivity contribution in [3.05, 3.63) is 84.2 Å². The van der Waals surface area contributed by atoms with Crippen molar-refractivity contribution in [1.29, 1.82) is 0 Å². The Bertz CT molecular complexity index is 930. The maximum atomic E-state index is 12.3. The van der Waals surface area contributed by atoms with Crippen molar-refractivity contribution >= 4 is 17.5 Å². The zero-order valence-corrected chi connectivity index (χ0v) is 14.3. The number of rotatable bonds is 5. The largest absolute Gasteiger partial charge is 0.350 e. The van der Waals surface area contributed by atoms with Gasteiger partial charge in [0.1, 0.15) is 0 Å². The van der Waals surface area contributed by atoms with E-state index in [1.807, 2.05) is 65.5 Å². The molecule has 5 heteroatoms. The number of nitrogens with zero attached hydrogens (tertiary/aromatic N) is 2. The normalized spacial score (nSPS) is 12.9. The molecule has 26 heavy (non-hydrogen) atoms. The molecule has 0 spiro atoms. The average Bonchev–Trinajstić information content (AvgIpc) is 3.30. The predicted octanol–water partition coefficient (Wildman–Crippen LogP) is 2.80. The van der Waals surface area contributed by atoms with E-state index in [-0.39, 0.29) is 11.8 Å². The molecule has 0 aliphatic carbocycles. The Balaban J connectivity index is 1.35. The van der Waals surface area contributed by atoms with E-state index in [0.29, 0.717) is 25.1 Å². The minimum atomic E-state index is -0.135. The fourth-order valence-electron chi connectivity index (χ4n) is 3.24. The third-order valence-electron chi connectivity index (χ3n) is 4.58. The first kappa shape index (κ1) is 16.1. The molecule has 2 heterocycles. The SMILES string of the molecule is O=C(NCCN1C(=O)Cc2ccccc21)c1ccc(-n2cccc2)cc1. The standard InChI is InChI=1S/C21H19N3O2/c25-20-15-17-5-1-2-6-19(17)24(20)14-11-22-21(26)16-7-9-18(10-8-16)23-12-3-4-13-23/h1-10,12-13H,11,14-15H2,(H,22,26). The summed E-state index contributed by atoms with van der Waals surface area (Å²) in [5, 5.41) is 2.89. The van der Waals surface area contributed by atoms with Gasteiger partial charge in [-0.2, -0.15) is 0 Å². The third kappa shape index (κ3) is 3.11. The molecule has 0 saturated heterocycles. The lowest BCUT2D eigenvalue weighted by molar-refractivity contribution is -0.117. The highest BCUT2D eigenvalue weighted by Gasteiger charge is 2.26. The first-order valence-corrected chi connectivity index (χ1v) is 8.62. The summed E-state index contributed by atoms with van der Waals surface area (Å²) in [6.07, 6.45) is 4.35. The summed E-state index contributed by atoms with van der Waals surface area (Å²) in [5.74, 6) is -0.0551. The van der Waals surface area contributed by atoms with Crippen molar-refractivity contribution in [2.75, 3.05) is 18.0 Å². The Morgan fingerprint density at radius 2 is 1.69 bits per heavy atom. The van der Waals surface area contributed by atoms with Crippen molar-refractivity contribution in [3.63, 3.8) is 0 Å². The van der Waals surface area contributed by atoms with Crippen molar-refractivity contribution < 1.29 is 9.59 Å². The van der Waals surface area contributed by atoms with E-state index in [0.717, 1.165) is 16.9 Å². The van der Waals surface area contributed by atoms with Gasteiger partial charge in [-0.25, -0.2) is 0 Å². The number of aromatic nitrogens is 1. The highest BCUT2D eigenvalue weighted by Crippen LogP contribution is 2.27. The second kappa shape index (κ2) is 6.88. The van der Waals surface area contributed by atoms with Gasteiger partial charge in [0.15, 0.2) is 0 Å². The lowest BCUT2D eigenvalue weighted by Gasteiger charge is -2.17. The van der Waals surface area contributed by atoms with Crippen LogP contribution >= 0.6 is 0 Å². The maximum Gasteiger partial charge on any atom is 0.251 e. The molecule has 0 saturated carbocycles. The number of hydrogen-bond donors (Lipinski definition) is 1. The van der Waals surface area contributed by atoms with E-state index in [9.17, 15) is 9.59 Å². The average molecular weight is 345 g/mol. The molecular weight excluding hydrogens is 326 g/mol. The maximum absolute atomic E-state index is 12.3. The summed E-state index contributed by atoms with van der Waals surface area (Å²) >= 11 is 0. The second-order valence-electron chi connectivity index (χ2n) is 6.24. The predicted molar refractivity (Wildman–Crippen MR) is 101 cm³/mol. The van der Waals surface area contributed by atoms with Crippen LogP contribution in [0.1, 0.15) is 15.9 Å². The van der Waals surface area contributed by atoms with Crippen molar-refractivity contribution in [1.82, 2.24) is 9.88 Å². The summed E-state index contributed by atoms with van der Waals surface area (Å²) in [6.45, 7) is 0.890. The van der Waals surface area contributed by atoms with Crippen LogP contribution in [0.3, 0.4) is 0 Å². The van der Waals surface area contributed by atoms with Crippen LogP contribution in [0.4, 0.5) is 5.69 Å². The fraction of sp³-hybridized carbons (Fsp3) is 0.143. The van der Waals surface area contributed by atoms with E-state index in [2.05, 4.69) is 5.32 Å². The summed E-state index contributed by atoms with van der Waals surface area (Å²) in [6, 6.07) is 19.1. The van der Waals surface area contributed by atoms with Crippen molar-refractivity contribution in [2.24, 2.45) is 0 Å². The van der Waals surface area contributed by atoms with Gasteiger partial charge < -0.3 is 14.8 Å². The monoisotopic (exact) mass is 345 g/mol. The van der Waals surface area contributed by atoms with Crippen molar-refractivity contribution in [2.45, 2.75) is 6.42 Å². The zero-order valence-electron chi connectivity index (χ0n) is 14.3. The lowest BCUT2D eigenvalue weighted by Crippen LogP contribution is -2.36. The molecule has 5 nitrogen and oxygen atoms in total. The lowest BCUT2D eigenvalue weighted by atomic mass is 10.2. The molecule has 3 aromatic rings. The zero-order chi connectivity index (χ0) is 17.9. The van der Waals surface area contributed by atoms with Crippen LogP contribution in [0.25, 0.3) is 5.69 Å². The van der Waals surface area contributed by atoms with Crippen LogP contribution < -0.4 is 10.2 Å². The highest BCUT2D eigenvalue weighted by atomic mass is 16.2. The number of fused-ring (bicyclic) bond motifs is 1. The number of carbonyl (C=O) groups is 2. The second-order valence-corrected chi connectivity index (χ2v) is 6.24. The molecule has 0 atom stereocenters. The topological polar surface area (TPSA) is 54.3 Å². The smallest absolute Gasteiger partial charge is 0.251 e. The molecule has 1 aliphatic rings. The van der Waals surface area contributed by atoms with E-state index < -0.39 is 0 Å². The van der Waals surface area contributed by atoms with E-state index >= 15 is 0 Å². The molecule has 1 aromatic heterocycles. The van der Waals surface area contributed by atoms with Crippen LogP contribution in [-0.4, -0.2) is 29.5 Å². The van der Waals surface area contributed by atoms with E-state index in [1.54, 1.807) is 17.0 Å². The summed E-state index contributed by atoms with van der Waals surface area (Å²) in [4.78, 5) is 26.2. The van der Waals surface area contributed by atoms with Gasteiger partial charge in [0, 0.05) is 42.4 Å². The fourth-order valence-corrected chi connectivity index (χ4v) is 3.24. The van der Waals surface area contributed by atoms with Gasteiger partial charge in [0.2, 0.25) is 5.91 Å². The minimum Gasteiger partial charge on any atom is -0.350 e. The van der Waals surface area contributed by atoms with Gasteiger partial charge in [0.25, 0.3) is 5.91 Å². The van der Waals surface area contributed by atoms with Gasteiger partial charge in [-0.15, -0.1) is 0 Å². The summed E-state index contributed by atoms with van der Waals surface area (Å²) < 4.78 is 1.98. The molecule has 0 radical (unpaired) electrons. The first-order chi connectivity index (χ1) is 12.7. The van der Waals surface area contributed by atoms with Gasteiger partial charge in [-0.3, -0.25) is 9.59 Å². The molecule has 0 fully saturated rings. The van der Waals surface area contributed by atoms with Crippen LogP contribution in [0.5, 0.6) is 0 Å². The Morgan fingerprint density at radius 3 is 2.46 bits per heavy atom. The number of benzene rings is 2. The number of amides is 2. The molecule has 4 rings (SSSR count). The Labute approximate surface area is 151 Å². The quantitative estimate of drug-likeness (QED) is 0.773. The van der Waals surface area contributed by atoms with Crippen LogP contribution in [0, 0.1) is 0 Å². The molecule has 1 aliphatic heterocycles. The summed E-state index contributed by atoms with van der Waals surface area (Å²) in [7, 11) is 0. The number of hydrogen-bond acceptors (Lipinski definition) is 2. The molecule has 1 N–H and O–H groups in total. The van der Waals surface area contributed by atoms with Crippen LogP contribution in [-0.2, 0) is 11.2 Å². The van der Waals surface area contributed by atoms with Crippen LogP contribution in [0.2, 0.25) is 0 Å². The Morgan fingerprint density at radius 1 is 0.962 bits per heavy atom. The van der Waals surface area contributed by atoms with Gasteiger partial charge in [-0.05, 0) is 48.0 Å². The van der Waals surface area contributed by atoms with Gasteiger partial charge >= 0.3 is 0 Å². The number of anilines is 1. The Hall–Kier alpha value is -3.34. The van der Waals surface area contributed by atoms with Gasteiger partial charge in [0.05, 0.1) is 6.42 Å². The van der Waals surface area contributed by atoms with Crippen molar-refractivity contribution in [3.8, 4) is 5.69 Å². The first-order valence-electron chi connectivity index (χ1n) is 8.62. The highest BCUT2D eigenvalue weighted by molar-refractivity contribution is 6.01. The molecular formula is C21H19N3O2. The summed E-state index contributed by atoms with van der Waals surface area (Å²) in [5.41, 5.74) is 3.60. The molecule has 2 aromatic carbocycles. The van der Waals surface area contributed by atoms with E-state index in [1.165, 1.54) is 0 Å². The molecule has 130 valence electrons. The minimum absolute atomic E-state index is 0.0801. The molecule has 0 unspecified atom stereocenters. The number of carbonyl (C=O) groups excluding carboxylic acids is 2. The third-order valence-corrected chi connectivity index (χ3v) is 4.58. The Kier molecular flexibility index (Phi) is 4.27. The van der Waals surface area contributed by atoms with E-state index in [4.69, 9.17) is 0 Å². The molecule has 2 amide bonds. The van der Waals surface area contributed by atoms with Crippen LogP contribution in [0.15, 0.2) is 73.1 Å². The number of para-hydroxylation sites is 1. The number of nitrogens with one attached hydrogen (secondary N) is 1. The molecule has 0 bridgehead atoms. The van der Waals surface area contributed by atoms with Gasteiger partial charge in [-0.1, -0.05) is 18.2 Å².